The van der Waals surface area contributed by atoms with Crippen LogP contribution in [0.5, 0.6) is 0 Å². The van der Waals surface area contributed by atoms with Gasteiger partial charge in [0.05, 0.1) is 58.0 Å². The summed E-state index contributed by atoms with van der Waals surface area (Å²) in [6, 6.07) is 0. The van der Waals surface area contributed by atoms with Gasteiger partial charge in [-0.05, 0) is 77.0 Å². The molecule has 0 heterocycles. The predicted octanol–water partition coefficient (Wildman–Crippen LogP) is 15.7. The molecule has 0 amide bonds. The number of hydrogen-bond acceptors (Lipinski definition) is 16. The first-order chi connectivity index (χ1) is 38.8. The summed E-state index contributed by atoms with van der Waals surface area (Å²) in [4.78, 5) is 69.3. The van der Waals surface area contributed by atoms with Crippen molar-refractivity contribution >= 4 is 43.6 Å². The van der Waals surface area contributed by atoms with Gasteiger partial charge >= 0.3 is 43.6 Å². The topological polar surface area (TPSA) is 203 Å². The van der Waals surface area contributed by atoms with Gasteiger partial charge in [0.2, 0.25) is 0 Å². The second-order valence-corrected chi connectivity index (χ2v) is 21.7. The molecule has 0 aliphatic carbocycles. The zero-order valence-corrected chi connectivity index (χ0v) is 50.0. The van der Waals surface area contributed by atoms with Crippen molar-refractivity contribution in [2.24, 2.45) is 0 Å². The molecule has 0 aromatic carbocycles. The van der Waals surface area contributed by atoms with Crippen molar-refractivity contribution in [1.82, 2.24) is 0 Å². The summed E-state index contributed by atoms with van der Waals surface area (Å²) < 4.78 is 67.4. The number of phosphoric acid groups is 1. The minimum Gasteiger partial charge on any atom is -0.463 e. The number of phosphoric ester groups is 1. The van der Waals surface area contributed by atoms with Gasteiger partial charge in [-0.25, -0.2) is 33.3 Å². The van der Waals surface area contributed by atoms with Gasteiger partial charge in [-0.1, -0.05) is 194 Å². The molecule has 0 aliphatic rings. The Morgan fingerprint density at radius 2 is 0.388 bits per heavy atom. The van der Waals surface area contributed by atoms with E-state index in [2.05, 4.69) is 39.5 Å². The molecule has 0 spiro atoms. The zero-order valence-electron chi connectivity index (χ0n) is 49.1. The minimum absolute atomic E-state index is 0.342. The lowest BCUT2D eigenvalue weighted by atomic mass is 10.0. The van der Waals surface area contributed by atoms with E-state index in [9.17, 15) is 28.8 Å². The summed E-state index contributed by atoms with van der Waals surface area (Å²) >= 11 is 0. The molecular weight excluding hydrogens is 1040 g/mol. The fraction of sp³-hybridized carbons (Fsp3) is 0.714. The van der Waals surface area contributed by atoms with E-state index in [4.69, 9.17) is 42.0 Å². The Balaban J connectivity index is 6.69. The van der Waals surface area contributed by atoms with Gasteiger partial charge in [-0.2, -0.15) is 0 Å². The number of esters is 6. The Morgan fingerprint density at radius 3 is 0.537 bits per heavy atom. The van der Waals surface area contributed by atoms with Crippen LogP contribution in [-0.4, -0.2) is 93.8 Å². The van der Waals surface area contributed by atoms with Gasteiger partial charge in [0.15, 0.2) is 0 Å². The van der Waals surface area contributed by atoms with Gasteiger partial charge < -0.3 is 28.4 Å². The first-order valence-corrected chi connectivity index (χ1v) is 31.7. The average Bonchev–Trinajstić information content (AvgIpc) is 3.46. The highest BCUT2D eigenvalue weighted by Crippen LogP contribution is 2.55. The summed E-state index contributed by atoms with van der Waals surface area (Å²) in [5, 5.41) is 0. The third-order valence-corrected chi connectivity index (χ3v) is 15.0. The molecule has 0 aromatic rings. The Labute approximate surface area is 482 Å². The van der Waals surface area contributed by atoms with E-state index < -0.39 is 62.0 Å². The largest absolute Gasteiger partial charge is 0.475 e. The van der Waals surface area contributed by atoms with E-state index in [1.165, 1.54) is 36.5 Å². The van der Waals surface area contributed by atoms with Crippen LogP contribution in [0.3, 0.4) is 0 Å². The van der Waals surface area contributed by atoms with Crippen molar-refractivity contribution in [3.05, 3.63) is 75.9 Å². The van der Waals surface area contributed by atoms with Crippen LogP contribution in [0.15, 0.2) is 75.9 Å². The summed E-state index contributed by atoms with van der Waals surface area (Å²) in [6.07, 6.45) is 35.6. The molecule has 0 rings (SSSR count). The summed E-state index contributed by atoms with van der Waals surface area (Å²) in [7, 11) is -4.22. The molecule has 0 N–H and O–H groups in total. The molecule has 80 heavy (non-hydrogen) atoms. The number of unbranched alkanes of at least 4 members (excludes halogenated alkanes) is 24. The third-order valence-electron chi connectivity index (χ3n) is 13.3. The Hall–Kier alpha value is -4.63. The maximum absolute atomic E-state index is 15.8. The van der Waals surface area contributed by atoms with Crippen molar-refractivity contribution in [2.75, 3.05) is 39.6 Å². The molecule has 0 saturated heterocycles. The second-order valence-electron chi connectivity index (χ2n) is 20.2. The van der Waals surface area contributed by atoms with Crippen molar-refractivity contribution in [1.29, 1.82) is 0 Å². The lowest BCUT2D eigenvalue weighted by Gasteiger charge is -2.31. The van der Waals surface area contributed by atoms with Gasteiger partial charge in [0.25, 0.3) is 0 Å². The van der Waals surface area contributed by atoms with E-state index in [1.807, 2.05) is 0 Å². The lowest BCUT2D eigenvalue weighted by Crippen LogP contribution is -2.22. The first kappa shape index (κ1) is 75.4. The molecule has 0 unspecified atom stereocenters. The van der Waals surface area contributed by atoms with Crippen LogP contribution in [0.2, 0.25) is 0 Å². The van der Waals surface area contributed by atoms with Gasteiger partial charge in [0.1, 0.15) is 0 Å². The standard InChI is InChI=1S/C63H105O16P/c1-7-58(64)71-49-37-25-13-19-31-43-55(44-32-20-14-26-38-50-72-59(65)8-2)77-80(70,78-56(45-33-21-15-27-39-51-73-60(66)9-3)46-34-22-16-28-40-52-74-61(67)10-4)79-57(47-35-23-17-29-41-53-75-62(68)11-5)48-36-24-18-30-42-54-76-63(69)12-6/h7-12,55-57H,1-6,13-54H2. The maximum atomic E-state index is 15.8. The van der Waals surface area contributed by atoms with Crippen LogP contribution >= 0.6 is 7.82 Å². The van der Waals surface area contributed by atoms with Crippen LogP contribution in [0.4, 0.5) is 0 Å². The fourth-order valence-electron chi connectivity index (χ4n) is 8.79. The molecule has 458 valence electrons. The molecular formula is C63H105O16P. The predicted molar refractivity (Wildman–Crippen MR) is 315 cm³/mol. The van der Waals surface area contributed by atoms with Gasteiger partial charge in [0, 0.05) is 36.5 Å². The lowest BCUT2D eigenvalue weighted by molar-refractivity contribution is -0.138. The Kier molecular flexibility index (Phi) is 51.8. The van der Waals surface area contributed by atoms with Crippen LogP contribution in [0, 0.1) is 0 Å². The van der Waals surface area contributed by atoms with Crippen molar-refractivity contribution < 1.29 is 75.3 Å². The molecule has 0 saturated carbocycles. The van der Waals surface area contributed by atoms with E-state index in [0.29, 0.717) is 78.2 Å². The normalized spacial score (nSPS) is 11.2. The number of hydrogen-bond donors (Lipinski definition) is 0. The molecule has 16 nitrogen and oxygen atoms in total. The molecule has 0 aliphatic heterocycles. The summed E-state index contributed by atoms with van der Waals surface area (Å²) in [6.45, 7) is 22.8. The Morgan fingerprint density at radius 1 is 0.250 bits per heavy atom. The monoisotopic (exact) mass is 1150 g/mol. The molecule has 0 aromatic heterocycles. The van der Waals surface area contributed by atoms with Crippen molar-refractivity contribution in [3.8, 4) is 0 Å². The molecule has 0 bridgehead atoms. The summed E-state index contributed by atoms with van der Waals surface area (Å²) in [5.74, 6) is -2.57. The molecule has 0 radical (unpaired) electrons. The van der Waals surface area contributed by atoms with E-state index in [0.717, 1.165) is 193 Å². The third kappa shape index (κ3) is 49.2. The molecule has 17 heteroatoms. The average molecular weight is 1150 g/mol. The maximum Gasteiger partial charge on any atom is 0.475 e. The van der Waals surface area contributed by atoms with Crippen LogP contribution in [-0.2, 0) is 75.3 Å². The van der Waals surface area contributed by atoms with E-state index >= 15 is 4.57 Å². The Bertz CT molecular complexity index is 1440. The second kappa shape index (κ2) is 54.9. The highest BCUT2D eigenvalue weighted by molar-refractivity contribution is 7.48. The fourth-order valence-corrected chi connectivity index (χ4v) is 10.7. The SMILES string of the molecule is C=CC(=O)OCCCCCCCC(CCCCCCCOC(=O)C=C)OP(=O)(OC(CCCCCCCOC(=O)C=C)CCCCCCCOC(=O)C=C)OC(CCCCCCCOC(=O)C=C)CCCCCCCOC(=O)C=C. The van der Waals surface area contributed by atoms with E-state index in [1.54, 1.807) is 0 Å². The smallest absolute Gasteiger partial charge is 0.463 e. The quantitative estimate of drug-likeness (QED) is 0.0183. The number of rotatable bonds is 60. The molecule has 0 atom stereocenters. The highest BCUT2D eigenvalue weighted by atomic mass is 31.2. The summed E-state index contributed by atoms with van der Waals surface area (Å²) in [5.41, 5.74) is 0. The van der Waals surface area contributed by atoms with Crippen LogP contribution in [0.25, 0.3) is 0 Å². The number of ether oxygens (including phenoxy) is 6. The van der Waals surface area contributed by atoms with Crippen LogP contribution < -0.4 is 0 Å². The van der Waals surface area contributed by atoms with Crippen molar-refractivity contribution in [2.45, 2.75) is 249 Å². The van der Waals surface area contributed by atoms with Gasteiger partial charge in [-0.15, -0.1) is 0 Å². The van der Waals surface area contributed by atoms with Crippen LogP contribution in [0.1, 0.15) is 231 Å². The molecule has 0 fully saturated rings. The minimum atomic E-state index is -4.22. The highest BCUT2D eigenvalue weighted by Gasteiger charge is 2.36. The number of carbonyl (C=O) groups excluding carboxylic acids is 6. The number of carbonyl (C=O) groups is 6. The first-order valence-electron chi connectivity index (χ1n) is 30.2. The van der Waals surface area contributed by atoms with Crippen molar-refractivity contribution in [3.63, 3.8) is 0 Å². The van der Waals surface area contributed by atoms with Gasteiger partial charge in [-0.3, -0.25) is 13.6 Å². The van der Waals surface area contributed by atoms with E-state index in [-0.39, 0.29) is 0 Å². The zero-order chi connectivity index (χ0) is 59.0.